The van der Waals surface area contributed by atoms with Crippen LogP contribution in [0.1, 0.15) is 18.3 Å². The fourth-order valence-electron chi connectivity index (χ4n) is 2.82. The van der Waals surface area contributed by atoms with Gasteiger partial charge in [0.25, 0.3) is 0 Å². The van der Waals surface area contributed by atoms with Gasteiger partial charge in [0.2, 0.25) is 5.91 Å². The quantitative estimate of drug-likeness (QED) is 0.728. The maximum Gasteiger partial charge on any atom is 0.234 e. The summed E-state index contributed by atoms with van der Waals surface area (Å²) in [5.41, 5.74) is 1.000. The van der Waals surface area contributed by atoms with Crippen LogP contribution in [0.15, 0.2) is 23.4 Å². The molecule has 0 saturated carbocycles. The number of ether oxygens (including phenoxy) is 1. The van der Waals surface area contributed by atoms with E-state index in [1.54, 1.807) is 19.1 Å². The maximum atomic E-state index is 13.6. The van der Waals surface area contributed by atoms with Gasteiger partial charge >= 0.3 is 0 Å². The van der Waals surface area contributed by atoms with Crippen molar-refractivity contribution in [3.05, 3.63) is 35.4 Å². The Bertz CT molecular complexity index is 792. The Kier molecular flexibility index (Phi) is 6.81. The molecule has 1 aliphatic heterocycles. The lowest BCUT2D eigenvalue weighted by molar-refractivity contribution is -0.113. The van der Waals surface area contributed by atoms with Gasteiger partial charge in [-0.15, -0.1) is 10.2 Å². The fraction of sp³-hybridized carbons (Fsp3) is 0.500. The Balaban J connectivity index is 1.56. The predicted molar refractivity (Wildman–Crippen MR) is 102 cm³/mol. The molecule has 1 aliphatic rings. The van der Waals surface area contributed by atoms with Crippen molar-refractivity contribution in [2.45, 2.75) is 32.1 Å². The van der Waals surface area contributed by atoms with Gasteiger partial charge in [0, 0.05) is 25.3 Å². The molecule has 9 heteroatoms. The third kappa shape index (κ3) is 5.27. The van der Waals surface area contributed by atoms with Crippen LogP contribution in [0, 0.1) is 12.7 Å². The summed E-state index contributed by atoms with van der Waals surface area (Å²) in [6.07, 6.45) is 0. The Morgan fingerprint density at radius 1 is 1.33 bits per heavy atom. The number of carbonyl (C=O) groups is 1. The van der Waals surface area contributed by atoms with Gasteiger partial charge in [-0.2, -0.15) is 0 Å². The lowest BCUT2D eigenvalue weighted by Crippen LogP contribution is -2.36. The minimum absolute atomic E-state index is 0.186. The van der Waals surface area contributed by atoms with E-state index in [4.69, 9.17) is 4.74 Å². The van der Waals surface area contributed by atoms with Gasteiger partial charge in [0.15, 0.2) is 5.16 Å². The summed E-state index contributed by atoms with van der Waals surface area (Å²) in [5, 5.41) is 12.0. The van der Waals surface area contributed by atoms with Gasteiger partial charge in [-0.25, -0.2) is 4.39 Å². The van der Waals surface area contributed by atoms with Crippen LogP contribution in [0.4, 0.5) is 10.1 Å². The standard InChI is InChI=1S/C18H24FN5O2S/c1-3-24-16(11-23-6-8-26-9-7-23)21-22-18(24)27-12-17(25)20-14-5-4-13(2)15(19)10-14/h4-5,10H,3,6-9,11-12H2,1-2H3,(H,20,25). The van der Waals surface area contributed by atoms with Crippen LogP contribution in [0.5, 0.6) is 0 Å². The molecule has 0 bridgehead atoms. The number of amides is 1. The van der Waals surface area contributed by atoms with Gasteiger partial charge in [-0.05, 0) is 31.5 Å². The Labute approximate surface area is 162 Å². The third-order valence-corrected chi connectivity index (χ3v) is 5.33. The number of nitrogens with one attached hydrogen (secondary N) is 1. The number of halogens is 1. The first-order valence-corrected chi connectivity index (χ1v) is 9.96. The molecular weight excluding hydrogens is 369 g/mol. The van der Waals surface area contributed by atoms with Crippen LogP contribution in [-0.4, -0.2) is 57.6 Å². The summed E-state index contributed by atoms with van der Waals surface area (Å²) >= 11 is 1.33. The first-order chi connectivity index (χ1) is 13.1. The minimum atomic E-state index is -0.334. The second kappa shape index (κ2) is 9.29. The van der Waals surface area contributed by atoms with Crippen molar-refractivity contribution in [3.8, 4) is 0 Å². The lowest BCUT2D eigenvalue weighted by Gasteiger charge is -2.26. The van der Waals surface area contributed by atoms with Crippen molar-refractivity contribution in [2.75, 3.05) is 37.4 Å². The van der Waals surface area contributed by atoms with Crippen LogP contribution in [0.25, 0.3) is 0 Å². The van der Waals surface area contributed by atoms with Crippen molar-refractivity contribution >= 4 is 23.4 Å². The zero-order chi connectivity index (χ0) is 19.2. The SMILES string of the molecule is CCn1c(CN2CCOCC2)nnc1SCC(=O)Nc1ccc(C)c(F)c1. The van der Waals surface area contributed by atoms with Gasteiger partial charge in [-0.3, -0.25) is 9.69 Å². The number of nitrogens with zero attached hydrogens (tertiary/aromatic N) is 4. The Morgan fingerprint density at radius 3 is 2.81 bits per heavy atom. The molecule has 1 aromatic heterocycles. The number of aromatic nitrogens is 3. The Hall–Kier alpha value is -1.97. The zero-order valence-electron chi connectivity index (χ0n) is 15.6. The fourth-order valence-corrected chi connectivity index (χ4v) is 3.64. The van der Waals surface area contributed by atoms with Crippen LogP contribution in [-0.2, 0) is 22.6 Å². The molecule has 27 heavy (non-hydrogen) atoms. The number of aryl methyl sites for hydroxylation is 1. The van der Waals surface area contributed by atoms with Gasteiger partial charge in [0.05, 0.1) is 25.5 Å². The molecule has 146 valence electrons. The molecule has 0 aliphatic carbocycles. The van der Waals surface area contributed by atoms with Gasteiger partial charge < -0.3 is 14.6 Å². The maximum absolute atomic E-state index is 13.6. The highest BCUT2D eigenvalue weighted by Gasteiger charge is 2.17. The summed E-state index contributed by atoms with van der Waals surface area (Å²) in [7, 11) is 0. The molecule has 1 fully saturated rings. The average Bonchev–Trinajstić information content (AvgIpc) is 3.05. The smallest absolute Gasteiger partial charge is 0.234 e. The summed E-state index contributed by atoms with van der Waals surface area (Å²) in [4.78, 5) is 14.5. The summed E-state index contributed by atoms with van der Waals surface area (Å²) in [5.74, 6) is 0.538. The van der Waals surface area contributed by atoms with E-state index in [1.807, 2.05) is 11.5 Å². The summed E-state index contributed by atoms with van der Waals surface area (Å²) in [6.45, 7) is 8.42. The van der Waals surface area contributed by atoms with E-state index in [9.17, 15) is 9.18 Å². The second-order valence-electron chi connectivity index (χ2n) is 6.33. The molecule has 3 rings (SSSR count). The van der Waals surface area contributed by atoms with Crippen LogP contribution in [0.2, 0.25) is 0 Å². The molecule has 0 spiro atoms. The van der Waals surface area contributed by atoms with Crippen molar-refractivity contribution in [1.82, 2.24) is 19.7 Å². The van der Waals surface area contributed by atoms with E-state index in [-0.39, 0.29) is 17.5 Å². The van der Waals surface area contributed by atoms with E-state index in [1.165, 1.54) is 17.8 Å². The van der Waals surface area contributed by atoms with Crippen molar-refractivity contribution in [3.63, 3.8) is 0 Å². The minimum Gasteiger partial charge on any atom is -0.379 e. The molecule has 7 nitrogen and oxygen atoms in total. The molecule has 0 unspecified atom stereocenters. The topological polar surface area (TPSA) is 72.3 Å². The number of morpholine rings is 1. The predicted octanol–water partition coefficient (Wildman–Crippen LogP) is 2.31. The largest absolute Gasteiger partial charge is 0.379 e. The number of carbonyl (C=O) groups excluding carboxylic acids is 1. The number of hydrogen-bond acceptors (Lipinski definition) is 6. The molecular formula is C18H24FN5O2S. The second-order valence-corrected chi connectivity index (χ2v) is 7.27. The van der Waals surface area contributed by atoms with E-state index in [2.05, 4.69) is 20.4 Å². The highest BCUT2D eigenvalue weighted by molar-refractivity contribution is 7.99. The van der Waals surface area contributed by atoms with E-state index >= 15 is 0 Å². The van der Waals surface area contributed by atoms with Gasteiger partial charge in [-0.1, -0.05) is 17.8 Å². The first kappa shape index (κ1) is 19.8. The monoisotopic (exact) mass is 393 g/mol. The summed E-state index contributed by atoms with van der Waals surface area (Å²) < 4.78 is 21.0. The van der Waals surface area contributed by atoms with Crippen LogP contribution in [0.3, 0.4) is 0 Å². The van der Waals surface area contributed by atoms with Crippen LogP contribution >= 0.6 is 11.8 Å². The van der Waals surface area contributed by atoms with Gasteiger partial charge in [0.1, 0.15) is 11.6 Å². The van der Waals surface area contributed by atoms with Crippen molar-refractivity contribution in [2.24, 2.45) is 0 Å². The molecule has 1 amide bonds. The number of anilines is 1. The van der Waals surface area contributed by atoms with Crippen molar-refractivity contribution in [1.29, 1.82) is 0 Å². The number of benzene rings is 1. The number of hydrogen-bond donors (Lipinski definition) is 1. The zero-order valence-corrected chi connectivity index (χ0v) is 16.4. The first-order valence-electron chi connectivity index (χ1n) is 8.97. The molecule has 1 aromatic carbocycles. The third-order valence-electron chi connectivity index (χ3n) is 4.37. The molecule has 1 N–H and O–H groups in total. The molecule has 0 radical (unpaired) electrons. The number of rotatable bonds is 7. The molecule has 2 aromatic rings. The Morgan fingerprint density at radius 2 is 2.11 bits per heavy atom. The van der Waals surface area contributed by atoms with Crippen LogP contribution < -0.4 is 5.32 Å². The highest BCUT2D eigenvalue weighted by atomic mass is 32.2. The van der Waals surface area contributed by atoms with Crippen molar-refractivity contribution < 1.29 is 13.9 Å². The van der Waals surface area contributed by atoms with E-state index in [0.717, 1.165) is 45.2 Å². The lowest BCUT2D eigenvalue weighted by atomic mass is 10.2. The molecule has 1 saturated heterocycles. The number of thioether (sulfide) groups is 1. The summed E-state index contributed by atoms with van der Waals surface area (Å²) in [6, 6.07) is 4.66. The average molecular weight is 393 g/mol. The molecule has 2 heterocycles. The van der Waals surface area contributed by atoms with E-state index in [0.29, 0.717) is 16.4 Å². The van der Waals surface area contributed by atoms with E-state index < -0.39 is 0 Å². The highest BCUT2D eigenvalue weighted by Crippen LogP contribution is 2.19. The normalized spacial score (nSPS) is 15.1. The molecule has 0 atom stereocenters.